The Balaban J connectivity index is 2.01. The molecule has 0 radical (unpaired) electrons. The summed E-state index contributed by atoms with van der Waals surface area (Å²) in [5.41, 5.74) is 8.41. The maximum absolute atomic E-state index is 5.79. The van der Waals surface area contributed by atoms with Gasteiger partial charge in [0, 0.05) is 22.8 Å². The third-order valence-corrected chi connectivity index (χ3v) is 3.98. The van der Waals surface area contributed by atoms with E-state index >= 15 is 0 Å². The van der Waals surface area contributed by atoms with Gasteiger partial charge >= 0.3 is 0 Å². The second kappa shape index (κ2) is 3.49. The van der Waals surface area contributed by atoms with Crippen molar-refractivity contribution >= 4 is 23.2 Å². The maximum Gasteiger partial charge on any atom is 0.197 e. The van der Waals surface area contributed by atoms with Crippen LogP contribution in [-0.4, -0.2) is 22.7 Å². The Hall–Kier alpha value is -1.55. The van der Waals surface area contributed by atoms with Crippen LogP contribution in [0.1, 0.15) is 0 Å². The third-order valence-electron chi connectivity index (χ3n) is 2.71. The fourth-order valence-corrected chi connectivity index (χ4v) is 3.18. The van der Waals surface area contributed by atoms with Crippen molar-refractivity contribution in [3.05, 3.63) is 47.1 Å². The van der Waals surface area contributed by atoms with E-state index in [0.29, 0.717) is 5.25 Å². The normalized spacial score (nSPS) is 31.2. The number of nitrogens with two attached hydrogens (primary N) is 2. The van der Waals surface area contributed by atoms with Crippen molar-refractivity contribution in [2.45, 2.75) is 11.3 Å². The van der Waals surface area contributed by atoms with Crippen LogP contribution in [0, 0.1) is 0 Å². The molecule has 3 nitrogen and oxygen atoms in total. The largest absolute Gasteiger partial charge is 0.399 e. The molecule has 0 aromatic heterocycles. The zero-order valence-corrected chi connectivity index (χ0v) is 9.45. The van der Waals surface area contributed by atoms with Gasteiger partial charge in [0.15, 0.2) is 5.71 Å². The molecule has 0 bridgehead atoms. The van der Waals surface area contributed by atoms with Gasteiger partial charge in [0.05, 0.1) is 17.0 Å². The molecule has 0 spiro atoms. The monoisotopic (exact) mass is 230 g/mol. The molecule has 0 amide bonds. The topological polar surface area (TPSA) is 64.0 Å². The van der Waals surface area contributed by atoms with Crippen molar-refractivity contribution in [2.75, 3.05) is 0 Å². The summed E-state index contributed by atoms with van der Waals surface area (Å²) in [7, 11) is 0. The summed E-state index contributed by atoms with van der Waals surface area (Å²) in [5, 5.41) is 6.07. The van der Waals surface area contributed by atoms with Crippen LogP contribution in [0.15, 0.2) is 52.1 Å². The average molecular weight is 230 g/mol. The van der Waals surface area contributed by atoms with Crippen molar-refractivity contribution in [3.8, 4) is 0 Å². The number of fused-ring (bicyclic) bond motifs is 2. The second-order valence-electron chi connectivity index (χ2n) is 3.96. The van der Waals surface area contributed by atoms with Crippen LogP contribution in [0.4, 0.5) is 0 Å². The second-order valence-corrected chi connectivity index (χ2v) is 5.17. The number of hydrogen-bond acceptors (Lipinski definition) is 3. The average Bonchev–Trinajstić information content (AvgIpc) is 2.26. The van der Waals surface area contributed by atoms with E-state index in [1.807, 2.05) is 24.3 Å². The molecule has 0 aromatic rings. The summed E-state index contributed by atoms with van der Waals surface area (Å²) in [5.74, 6) is 0. The quantitative estimate of drug-likeness (QED) is 0.574. The molecular formula is C12H12N3S+. The number of rotatable bonds is 0. The molecule has 3 rings (SSSR count). The number of thioether (sulfide) groups is 1. The van der Waals surface area contributed by atoms with Crippen LogP contribution in [0.3, 0.4) is 0 Å². The van der Waals surface area contributed by atoms with Crippen LogP contribution >= 0.6 is 11.8 Å². The smallest absolute Gasteiger partial charge is 0.197 e. The maximum atomic E-state index is 5.79. The zero-order chi connectivity index (χ0) is 11.1. The molecule has 2 unspecified atom stereocenters. The third kappa shape index (κ3) is 1.55. The summed E-state index contributed by atoms with van der Waals surface area (Å²) < 4.78 is 0. The van der Waals surface area contributed by atoms with Gasteiger partial charge in [0.1, 0.15) is 0 Å². The van der Waals surface area contributed by atoms with Crippen molar-refractivity contribution in [3.63, 3.8) is 0 Å². The van der Waals surface area contributed by atoms with E-state index in [1.165, 1.54) is 0 Å². The first-order valence-corrected chi connectivity index (χ1v) is 6.03. The van der Waals surface area contributed by atoms with Crippen molar-refractivity contribution in [2.24, 2.45) is 10.7 Å². The number of allylic oxidation sites excluding steroid dienone is 5. The van der Waals surface area contributed by atoms with Crippen LogP contribution in [0.25, 0.3) is 0 Å². The summed E-state index contributed by atoms with van der Waals surface area (Å²) >= 11 is 1.78. The molecule has 80 valence electrons. The molecule has 0 fully saturated rings. The summed E-state index contributed by atoms with van der Waals surface area (Å²) in [6.07, 6.45) is 11.9. The molecule has 4 N–H and O–H groups in total. The molecule has 0 saturated heterocycles. The van der Waals surface area contributed by atoms with Gasteiger partial charge in [0.25, 0.3) is 0 Å². The molecule has 1 aliphatic heterocycles. The summed E-state index contributed by atoms with van der Waals surface area (Å²) in [6.45, 7) is 0. The van der Waals surface area contributed by atoms with Crippen molar-refractivity contribution in [1.82, 2.24) is 0 Å². The minimum absolute atomic E-state index is 0.202. The highest BCUT2D eigenvalue weighted by Crippen LogP contribution is 2.36. The molecule has 0 aromatic carbocycles. The molecule has 4 heteroatoms. The lowest BCUT2D eigenvalue weighted by Gasteiger charge is -2.28. The zero-order valence-electron chi connectivity index (χ0n) is 8.63. The minimum Gasteiger partial charge on any atom is -0.399 e. The van der Waals surface area contributed by atoms with Gasteiger partial charge in [-0.25, -0.2) is 0 Å². The Kier molecular flexibility index (Phi) is 2.11. The standard InChI is InChI=1S/C12H11N3S/c13-7-1-3-9-11(5-7)16-12-6-8(14)2-4-10(12)15-9/h1-6,9,11,14H,13H2/p+1. The van der Waals surface area contributed by atoms with Gasteiger partial charge in [-0.05, 0) is 18.2 Å². The fourth-order valence-electron chi connectivity index (χ4n) is 1.92. The van der Waals surface area contributed by atoms with Gasteiger partial charge in [-0.3, -0.25) is 10.4 Å². The Labute approximate surface area is 98.0 Å². The predicted molar refractivity (Wildman–Crippen MR) is 68.2 cm³/mol. The fraction of sp³-hybridized carbons (Fsp3) is 0.167. The van der Waals surface area contributed by atoms with E-state index in [0.717, 1.165) is 22.0 Å². The first-order chi connectivity index (χ1) is 7.72. The Morgan fingerprint density at radius 2 is 2.19 bits per heavy atom. The van der Waals surface area contributed by atoms with Gasteiger partial charge in [0.2, 0.25) is 0 Å². The summed E-state index contributed by atoms with van der Waals surface area (Å²) in [4.78, 5) is 5.82. The van der Waals surface area contributed by atoms with E-state index in [-0.39, 0.29) is 6.04 Å². The highest BCUT2D eigenvalue weighted by molar-refractivity contribution is 8.05. The summed E-state index contributed by atoms with van der Waals surface area (Å²) in [6, 6.07) is 0.202. The number of aliphatic imine (C=N–C) groups is 1. The Morgan fingerprint density at radius 1 is 1.31 bits per heavy atom. The van der Waals surface area contributed by atoms with E-state index in [1.54, 1.807) is 11.8 Å². The predicted octanol–water partition coefficient (Wildman–Crippen LogP) is -0.0224. The lowest BCUT2D eigenvalue weighted by molar-refractivity contribution is -0.110. The number of hydrogen-bond donors (Lipinski definition) is 2. The van der Waals surface area contributed by atoms with E-state index < -0.39 is 0 Å². The van der Waals surface area contributed by atoms with Gasteiger partial charge in [-0.1, -0.05) is 6.08 Å². The SMILES string of the molecule is NC1=CC2SC3=CC(=[NH2+])C=CC3=NC2C=C1. The van der Waals surface area contributed by atoms with Crippen LogP contribution in [0.2, 0.25) is 0 Å². The Morgan fingerprint density at radius 3 is 3.06 bits per heavy atom. The van der Waals surface area contributed by atoms with Crippen LogP contribution in [-0.2, 0) is 0 Å². The molecule has 3 aliphatic rings. The highest BCUT2D eigenvalue weighted by Gasteiger charge is 2.29. The van der Waals surface area contributed by atoms with Crippen molar-refractivity contribution < 1.29 is 5.41 Å². The van der Waals surface area contributed by atoms with Gasteiger partial charge in [-0.15, -0.1) is 11.8 Å². The van der Waals surface area contributed by atoms with Gasteiger partial charge < -0.3 is 5.73 Å². The molecule has 1 heterocycles. The number of nitrogens with zero attached hydrogens (tertiary/aromatic N) is 1. The minimum atomic E-state index is 0.202. The first-order valence-electron chi connectivity index (χ1n) is 5.15. The van der Waals surface area contributed by atoms with E-state index in [2.05, 4.69) is 17.1 Å². The first kappa shape index (κ1) is 9.66. The molecule has 2 atom stereocenters. The molecule has 16 heavy (non-hydrogen) atoms. The molecule has 2 aliphatic carbocycles. The Bertz CT molecular complexity index is 508. The van der Waals surface area contributed by atoms with Crippen LogP contribution in [0.5, 0.6) is 0 Å². The van der Waals surface area contributed by atoms with E-state index in [4.69, 9.17) is 11.1 Å². The van der Waals surface area contributed by atoms with Gasteiger partial charge in [-0.2, -0.15) is 0 Å². The lowest BCUT2D eigenvalue weighted by Crippen LogP contribution is -2.39. The lowest BCUT2D eigenvalue weighted by atomic mass is 10.1. The van der Waals surface area contributed by atoms with Crippen LogP contribution < -0.4 is 11.1 Å². The van der Waals surface area contributed by atoms with Crippen molar-refractivity contribution in [1.29, 1.82) is 0 Å². The highest BCUT2D eigenvalue weighted by atomic mass is 32.2. The molecular weight excluding hydrogens is 218 g/mol. The van der Waals surface area contributed by atoms with E-state index in [9.17, 15) is 0 Å². The molecule has 0 saturated carbocycles.